The largest absolute Gasteiger partial charge is 0.444 e. The minimum atomic E-state index is -0.183. The maximum atomic E-state index is 12.2. The fourth-order valence-electron chi connectivity index (χ4n) is 2.28. The number of benzene rings is 1. The van der Waals surface area contributed by atoms with E-state index in [0.29, 0.717) is 11.5 Å². The highest BCUT2D eigenvalue weighted by Crippen LogP contribution is 2.14. The third-order valence-corrected chi connectivity index (χ3v) is 3.78. The first-order valence-corrected chi connectivity index (χ1v) is 7.67. The predicted octanol–water partition coefficient (Wildman–Crippen LogP) is 3.19. The quantitative estimate of drug-likeness (QED) is 0.831. The molecule has 1 N–H and O–H groups in total. The minimum absolute atomic E-state index is 0.0100. The second kappa shape index (κ2) is 7.22. The Kier molecular flexibility index (Phi) is 5.32. The van der Waals surface area contributed by atoms with Crippen molar-refractivity contribution < 1.29 is 14.0 Å². The van der Waals surface area contributed by atoms with E-state index in [0.717, 1.165) is 22.6 Å². The first-order chi connectivity index (χ1) is 10.9. The fraction of sp³-hybridized carbons (Fsp3) is 0.389. The van der Waals surface area contributed by atoms with Gasteiger partial charge in [-0.2, -0.15) is 0 Å². The van der Waals surface area contributed by atoms with Crippen LogP contribution in [0, 0.1) is 27.7 Å². The van der Waals surface area contributed by atoms with Crippen molar-refractivity contribution in [2.75, 3.05) is 0 Å². The average Bonchev–Trinajstić information content (AvgIpc) is 2.83. The van der Waals surface area contributed by atoms with Gasteiger partial charge < -0.3 is 9.73 Å². The maximum absolute atomic E-state index is 12.2. The number of aromatic nitrogens is 1. The molecule has 1 amide bonds. The molecule has 0 radical (unpaired) electrons. The summed E-state index contributed by atoms with van der Waals surface area (Å²) in [5.41, 5.74) is 3.49. The Bertz CT molecular complexity index is 712. The van der Waals surface area contributed by atoms with E-state index < -0.39 is 0 Å². The van der Waals surface area contributed by atoms with Crippen LogP contribution in [0.2, 0.25) is 0 Å². The van der Waals surface area contributed by atoms with Crippen molar-refractivity contribution >= 4 is 11.7 Å². The van der Waals surface area contributed by atoms with Crippen molar-refractivity contribution in [3.63, 3.8) is 0 Å². The molecule has 0 saturated carbocycles. The lowest BCUT2D eigenvalue weighted by atomic mass is 9.99. The lowest BCUT2D eigenvalue weighted by Crippen LogP contribution is -2.23. The van der Waals surface area contributed by atoms with Crippen LogP contribution < -0.4 is 5.32 Å². The number of hydrogen-bond donors (Lipinski definition) is 1. The highest BCUT2D eigenvalue weighted by Gasteiger charge is 2.13. The van der Waals surface area contributed by atoms with E-state index in [1.54, 1.807) is 0 Å². The van der Waals surface area contributed by atoms with E-state index in [-0.39, 0.29) is 31.1 Å². The first-order valence-electron chi connectivity index (χ1n) is 7.67. The van der Waals surface area contributed by atoms with Gasteiger partial charge in [0.1, 0.15) is 5.76 Å². The molecule has 0 aliphatic heterocycles. The Hall–Kier alpha value is -2.43. The number of rotatable bonds is 6. The highest BCUT2D eigenvalue weighted by atomic mass is 16.4. The molecule has 0 aliphatic rings. The van der Waals surface area contributed by atoms with E-state index in [2.05, 4.69) is 10.3 Å². The summed E-state index contributed by atoms with van der Waals surface area (Å²) in [6.07, 6.45) is 0.352. The van der Waals surface area contributed by atoms with E-state index in [4.69, 9.17) is 4.42 Å². The molecule has 2 rings (SSSR count). The molecule has 122 valence electrons. The second-order valence-corrected chi connectivity index (χ2v) is 5.77. The normalized spacial score (nSPS) is 10.6. The predicted molar refractivity (Wildman–Crippen MR) is 87.3 cm³/mol. The van der Waals surface area contributed by atoms with Gasteiger partial charge in [-0.1, -0.05) is 17.7 Å². The Morgan fingerprint density at radius 2 is 1.87 bits per heavy atom. The SMILES string of the molecule is Cc1ccc(C)c(C(=O)CCC(=O)NCc2nc(C)c(C)o2)c1. The summed E-state index contributed by atoms with van der Waals surface area (Å²) >= 11 is 0. The summed E-state index contributed by atoms with van der Waals surface area (Å²) in [4.78, 5) is 28.3. The van der Waals surface area contributed by atoms with Crippen molar-refractivity contribution in [1.82, 2.24) is 10.3 Å². The van der Waals surface area contributed by atoms with Crippen molar-refractivity contribution in [3.8, 4) is 0 Å². The molecular weight excluding hydrogens is 292 g/mol. The Balaban J connectivity index is 1.84. The topological polar surface area (TPSA) is 72.2 Å². The molecule has 0 spiro atoms. The number of carbonyl (C=O) groups excluding carboxylic acids is 2. The Morgan fingerprint density at radius 1 is 1.13 bits per heavy atom. The zero-order chi connectivity index (χ0) is 17.0. The smallest absolute Gasteiger partial charge is 0.220 e. The number of nitrogens with one attached hydrogen (secondary N) is 1. The third kappa shape index (κ3) is 4.52. The zero-order valence-electron chi connectivity index (χ0n) is 14.0. The van der Waals surface area contributed by atoms with Gasteiger partial charge >= 0.3 is 0 Å². The molecule has 23 heavy (non-hydrogen) atoms. The van der Waals surface area contributed by atoms with Crippen molar-refractivity contribution in [2.24, 2.45) is 0 Å². The molecule has 0 bridgehead atoms. The van der Waals surface area contributed by atoms with Gasteiger partial charge in [0.2, 0.25) is 11.8 Å². The molecule has 1 aromatic carbocycles. The number of amides is 1. The van der Waals surface area contributed by atoms with Crippen molar-refractivity contribution in [2.45, 2.75) is 47.1 Å². The van der Waals surface area contributed by atoms with Crippen molar-refractivity contribution in [3.05, 3.63) is 52.2 Å². The van der Waals surface area contributed by atoms with Crippen molar-refractivity contribution in [1.29, 1.82) is 0 Å². The Morgan fingerprint density at radius 3 is 2.52 bits per heavy atom. The second-order valence-electron chi connectivity index (χ2n) is 5.77. The van der Waals surface area contributed by atoms with Crippen LogP contribution in [0.3, 0.4) is 0 Å². The summed E-state index contributed by atoms with van der Waals surface area (Å²) in [7, 11) is 0. The van der Waals surface area contributed by atoms with E-state index in [1.807, 2.05) is 45.9 Å². The molecule has 2 aromatic rings. The van der Waals surface area contributed by atoms with Crippen LogP contribution >= 0.6 is 0 Å². The van der Waals surface area contributed by atoms with Gasteiger partial charge in [0.15, 0.2) is 5.78 Å². The molecule has 1 heterocycles. The van der Waals surface area contributed by atoms with Gasteiger partial charge in [-0.05, 0) is 39.3 Å². The van der Waals surface area contributed by atoms with Crippen LogP contribution in [-0.2, 0) is 11.3 Å². The van der Waals surface area contributed by atoms with Crippen LogP contribution in [-0.4, -0.2) is 16.7 Å². The van der Waals surface area contributed by atoms with E-state index in [9.17, 15) is 9.59 Å². The van der Waals surface area contributed by atoms with Gasteiger partial charge in [0.25, 0.3) is 0 Å². The average molecular weight is 314 g/mol. The van der Waals surface area contributed by atoms with Gasteiger partial charge in [-0.15, -0.1) is 0 Å². The molecule has 0 atom stereocenters. The summed E-state index contributed by atoms with van der Waals surface area (Å²) in [6.45, 7) is 7.78. The Labute approximate surface area is 136 Å². The van der Waals surface area contributed by atoms with Gasteiger partial charge in [-0.3, -0.25) is 9.59 Å². The molecular formula is C18H22N2O3. The number of hydrogen-bond acceptors (Lipinski definition) is 4. The van der Waals surface area contributed by atoms with Crippen LogP contribution in [0.25, 0.3) is 0 Å². The molecule has 0 saturated heterocycles. The molecule has 5 heteroatoms. The molecule has 0 fully saturated rings. The number of oxazole rings is 1. The standard InChI is InChI=1S/C18H22N2O3/c1-11-5-6-12(2)15(9-11)16(21)7-8-17(22)19-10-18-20-13(3)14(4)23-18/h5-6,9H,7-8,10H2,1-4H3,(H,19,22). The van der Waals surface area contributed by atoms with Crippen LogP contribution in [0.15, 0.2) is 22.6 Å². The number of carbonyl (C=O) groups is 2. The fourth-order valence-corrected chi connectivity index (χ4v) is 2.28. The maximum Gasteiger partial charge on any atom is 0.220 e. The van der Waals surface area contributed by atoms with Gasteiger partial charge in [-0.25, -0.2) is 4.98 Å². The lowest BCUT2D eigenvalue weighted by molar-refractivity contribution is -0.121. The molecule has 0 aliphatic carbocycles. The summed E-state index contributed by atoms with van der Waals surface area (Å²) < 4.78 is 5.40. The van der Waals surface area contributed by atoms with Crippen LogP contribution in [0.4, 0.5) is 0 Å². The van der Waals surface area contributed by atoms with Crippen LogP contribution in [0.1, 0.15) is 51.7 Å². The number of ketones is 1. The van der Waals surface area contributed by atoms with Gasteiger partial charge in [0.05, 0.1) is 12.2 Å². The summed E-state index contributed by atoms with van der Waals surface area (Å²) in [5, 5.41) is 2.72. The minimum Gasteiger partial charge on any atom is -0.444 e. The summed E-state index contributed by atoms with van der Waals surface area (Å²) in [6, 6.07) is 5.77. The van der Waals surface area contributed by atoms with Gasteiger partial charge in [0, 0.05) is 18.4 Å². The summed E-state index contributed by atoms with van der Waals surface area (Å²) in [5.74, 6) is 1.04. The number of Topliss-reactive ketones (excluding diaryl/α,β-unsaturated/α-hetero) is 1. The lowest BCUT2D eigenvalue weighted by Gasteiger charge is -2.06. The van der Waals surface area contributed by atoms with Crippen LogP contribution in [0.5, 0.6) is 0 Å². The third-order valence-electron chi connectivity index (χ3n) is 3.78. The molecule has 5 nitrogen and oxygen atoms in total. The first kappa shape index (κ1) is 16.9. The number of aryl methyl sites for hydroxylation is 4. The number of nitrogens with zero attached hydrogens (tertiary/aromatic N) is 1. The monoisotopic (exact) mass is 314 g/mol. The molecule has 0 unspecified atom stereocenters. The zero-order valence-corrected chi connectivity index (χ0v) is 14.0. The highest BCUT2D eigenvalue weighted by molar-refractivity contribution is 5.99. The van der Waals surface area contributed by atoms with E-state index in [1.165, 1.54) is 0 Å². The van der Waals surface area contributed by atoms with E-state index >= 15 is 0 Å². The molecule has 1 aromatic heterocycles.